The molecular weight excluding hydrogens is 362 g/mol. The lowest BCUT2D eigenvalue weighted by Gasteiger charge is -2.13. The molecule has 27 heavy (non-hydrogen) atoms. The highest BCUT2D eigenvalue weighted by Crippen LogP contribution is 2.31. The quantitative estimate of drug-likeness (QED) is 0.454. The van der Waals surface area contributed by atoms with Gasteiger partial charge in [-0.2, -0.15) is 0 Å². The summed E-state index contributed by atoms with van der Waals surface area (Å²) in [5.74, 6) is 1.20. The Morgan fingerprint density at radius 3 is 2.44 bits per heavy atom. The van der Waals surface area contributed by atoms with Gasteiger partial charge in [0.05, 0.1) is 13.7 Å². The first-order chi connectivity index (χ1) is 13.1. The standard InChI is InChI=1S/C20H21N3O3S/c1-4-26-19(24)14(2)27-20-22-21-18(15-10-12-17(25-3)13-11-15)23(20)16-8-6-5-7-9-16/h5-14H,4H2,1-3H3. The van der Waals surface area contributed by atoms with Gasteiger partial charge >= 0.3 is 5.97 Å². The second-order valence-electron chi connectivity index (χ2n) is 5.72. The van der Waals surface area contributed by atoms with Crippen LogP contribution in [0.1, 0.15) is 13.8 Å². The van der Waals surface area contributed by atoms with E-state index in [0.29, 0.717) is 17.6 Å². The molecule has 0 aliphatic heterocycles. The molecular formula is C20H21N3O3S. The van der Waals surface area contributed by atoms with E-state index < -0.39 is 0 Å². The number of ether oxygens (including phenoxy) is 2. The number of hydrogen-bond acceptors (Lipinski definition) is 6. The third kappa shape index (κ3) is 4.31. The van der Waals surface area contributed by atoms with E-state index in [9.17, 15) is 4.79 Å². The number of carbonyl (C=O) groups is 1. The minimum absolute atomic E-state index is 0.267. The molecule has 7 heteroatoms. The van der Waals surface area contributed by atoms with Crippen molar-refractivity contribution in [3.63, 3.8) is 0 Å². The molecule has 0 radical (unpaired) electrons. The van der Waals surface area contributed by atoms with E-state index in [2.05, 4.69) is 10.2 Å². The number of methoxy groups -OCH3 is 1. The van der Waals surface area contributed by atoms with Gasteiger partial charge in [0.2, 0.25) is 0 Å². The SMILES string of the molecule is CCOC(=O)C(C)Sc1nnc(-c2ccc(OC)cc2)n1-c1ccccc1. The van der Waals surface area contributed by atoms with Crippen molar-refractivity contribution in [2.24, 2.45) is 0 Å². The van der Waals surface area contributed by atoms with Crippen molar-refractivity contribution in [2.75, 3.05) is 13.7 Å². The zero-order chi connectivity index (χ0) is 19.2. The summed E-state index contributed by atoms with van der Waals surface area (Å²) < 4.78 is 12.3. The Bertz CT molecular complexity index is 895. The molecule has 0 saturated carbocycles. The van der Waals surface area contributed by atoms with Crippen molar-refractivity contribution in [1.29, 1.82) is 0 Å². The second-order valence-corrected chi connectivity index (χ2v) is 7.03. The summed E-state index contributed by atoms with van der Waals surface area (Å²) in [6.07, 6.45) is 0. The van der Waals surface area contributed by atoms with E-state index in [1.54, 1.807) is 21.0 Å². The first-order valence-corrected chi connectivity index (χ1v) is 9.50. The fourth-order valence-corrected chi connectivity index (χ4v) is 3.41. The third-order valence-corrected chi connectivity index (χ3v) is 4.92. The number of carbonyl (C=O) groups excluding carboxylic acids is 1. The third-order valence-electron chi connectivity index (χ3n) is 3.90. The molecule has 140 valence electrons. The minimum atomic E-state index is -0.389. The largest absolute Gasteiger partial charge is 0.497 e. The Balaban J connectivity index is 2.01. The lowest BCUT2D eigenvalue weighted by atomic mass is 10.2. The zero-order valence-electron chi connectivity index (χ0n) is 15.5. The lowest BCUT2D eigenvalue weighted by Crippen LogP contribution is -2.17. The lowest BCUT2D eigenvalue weighted by molar-refractivity contribution is -0.142. The molecule has 0 bridgehead atoms. The van der Waals surface area contributed by atoms with Crippen LogP contribution in [0.3, 0.4) is 0 Å². The predicted octanol–water partition coefficient (Wildman–Crippen LogP) is 3.99. The molecule has 6 nitrogen and oxygen atoms in total. The van der Waals surface area contributed by atoms with Gasteiger partial charge in [0.15, 0.2) is 11.0 Å². The van der Waals surface area contributed by atoms with Gasteiger partial charge < -0.3 is 9.47 Å². The highest BCUT2D eigenvalue weighted by atomic mass is 32.2. The van der Waals surface area contributed by atoms with Crippen LogP contribution in [0.4, 0.5) is 0 Å². The highest BCUT2D eigenvalue weighted by Gasteiger charge is 2.22. The van der Waals surface area contributed by atoms with Crippen LogP contribution in [0.25, 0.3) is 17.1 Å². The molecule has 2 aromatic carbocycles. The average molecular weight is 383 g/mol. The van der Waals surface area contributed by atoms with Crippen molar-refractivity contribution in [2.45, 2.75) is 24.3 Å². The van der Waals surface area contributed by atoms with E-state index in [-0.39, 0.29) is 11.2 Å². The van der Waals surface area contributed by atoms with Gasteiger partial charge in [0.1, 0.15) is 11.0 Å². The van der Waals surface area contributed by atoms with Gasteiger partial charge in [0.25, 0.3) is 0 Å². The summed E-state index contributed by atoms with van der Waals surface area (Å²) >= 11 is 1.33. The summed E-state index contributed by atoms with van der Waals surface area (Å²) in [6.45, 7) is 3.95. The molecule has 1 heterocycles. The van der Waals surface area contributed by atoms with Crippen LogP contribution in [0.15, 0.2) is 59.8 Å². The molecule has 0 aliphatic carbocycles. The molecule has 0 fully saturated rings. The predicted molar refractivity (Wildman–Crippen MR) is 105 cm³/mol. The van der Waals surface area contributed by atoms with Crippen LogP contribution in [0.2, 0.25) is 0 Å². The number of hydrogen-bond donors (Lipinski definition) is 0. The molecule has 1 aromatic heterocycles. The summed E-state index contributed by atoms with van der Waals surface area (Å²) in [5, 5.41) is 8.95. The first-order valence-electron chi connectivity index (χ1n) is 8.62. The number of esters is 1. The Kier molecular flexibility index (Phi) is 6.13. The number of aromatic nitrogens is 3. The molecule has 0 aliphatic rings. The monoisotopic (exact) mass is 383 g/mol. The number of thioether (sulfide) groups is 1. The topological polar surface area (TPSA) is 66.2 Å². The molecule has 1 unspecified atom stereocenters. The zero-order valence-corrected chi connectivity index (χ0v) is 16.3. The smallest absolute Gasteiger partial charge is 0.319 e. The van der Waals surface area contributed by atoms with Crippen molar-refractivity contribution in [3.05, 3.63) is 54.6 Å². The Hall–Kier alpha value is -2.80. The van der Waals surface area contributed by atoms with Crippen LogP contribution < -0.4 is 4.74 Å². The summed E-state index contributed by atoms with van der Waals surface area (Å²) in [5.41, 5.74) is 1.83. The molecule has 0 N–H and O–H groups in total. The van der Waals surface area contributed by atoms with E-state index >= 15 is 0 Å². The van der Waals surface area contributed by atoms with Gasteiger partial charge in [-0.05, 0) is 50.2 Å². The van der Waals surface area contributed by atoms with E-state index in [0.717, 1.165) is 17.0 Å². The van der Waals surface area contributed by atoms with E-state index in [1.807, 2.05) is 59.2 Å². The van der Waals surface area contributed by atoms with Gasteiger partial charge in [-0.15, -0.1) is 10.2 Å². The number of nitrogens with zero attached hydrogens (tertiary/aromatic N) is 3. The summed E-state index contributed by atoms with van der Waals surface area (Å²) in [6, 6.07) is 17.5. The molecule has 0 saturated heterocycles. The molecule has 3 rings (SSSR count). The molecule has 0 amide bonds. The minimum Gasteiger partial charge on any atom is -0.497 e. The maximum absolute atomic E-state index is 12.0. The summed E-state index contributed by atoms with van der Waals surface area (Å²) in [7, 11) is 1.63. The molecule has 0 spiro atoms. The van der Waals surface area contributed by atoms with Crippen LogP contribution in [-0.4, -0.2) is 39.7 Å². The van der Waals surface area contributed by atoms with Gasteiger partial charge in [-0.25, -0.2) is 0 Å². The van der Waals surface area contributed by atoms with E-state index in [4.69, 9.17) is 9.47 Å². The maximum atomic E-state index is 12.0. The fraction of sp³-hybridized carbons (Fsp3) is 0.250. The normalized spacial score (nSPS) is 11.8. The Labute approximate surface area is 162 Å². The first kappa shape index (κ1) is 19.0. The number of benzene rings is 2. The van der Waals surface area contributed by atoms with Crippen LogP contribution in [0, 0.1) is 0 Å². The van der Waals surface area contributed by atoms with E-state index in [1.165, 1.54) is 11.8 Å². The second kappa shape index (κ2) is 8.73. The van der Waals surface area contributed by atoms with Crippen molar-refractivity contribution in [1.82, 2.24) is 14.8 Å². The van der Waals surface area contributed by atoms with Crippen molar-refractivity contribution in [3.8, 4) is 22.8 Å². The Morgan fingerprint density at radius 1 is 1.11 bits per heavy atom. The summed E-state index contributed by atoms with van der Waals surface area (Å²) in [4.78, 5) is 12.0. The maximum Gasteiger partial charge on any atom is 0.319 e. The van der Waals surface area contributed by atoms with Gasteiger partial charge in [-0.1, -0.05) is 30.0 Å². The average Bonchev–Trinajstić information content (AvgIpc) is 3.12. The molecule has 1 atom stereocenters. The van der Waals surface area contributed by atoms with Crippen molar-refractivity contribution >= 4 is 17.7 Å². The molecule has 3 aromatic rings. The van der Waals surface area contributed by atoms with Crippen molar-refractivity contribution < 1.29 is 14.3 Å². The Morgan fingerprint density at radius 2 is 1.81 bits per heavy atom. The highest BCUT2D eigenvalue weighted by molar-refractivity contribution is 8.00. The van der Waals surface area contributed by atoms with Crippen LogP contribution >= 0.6 is 11.8 Å². The number of para-hydroxylation sites is 1. The van der Waals surface area contributed by atoms with Gasteiger partial charge in [0, 0.05) is 11.3 Å². The number of rotatable bonds is 7. The fourth-order valence-electron chi connectivity index (χ4n) is 2.55. The van der Waals surface area contributed by atoms with Crippen LogP contribution in [-0.2, 0) is 9.53 Å². The van der Waals surface area contributed by atoms with Gasteiger partial charge in [-0.3, -0.25) is 9.36 Å². The van der Waals surface area contributed by atoms with Crippen LogP contribution in [0.5, 0.6) is 5.75 Å².